The number of hydrogen-bond acceptors (Lipinski definition) is 3. The fraction of sp³-hybridized carbons (Fsp3) is 0.625. The van der Waals surface area contributed by atoms with E-state index in [1.807, 2.05) is 11.8 Å². The Morgan fingerprint density at radius 2 is 2.14 bits per heavy atom. The van der Waals surface area contributed by atoms with E-state index in [4.69, 9.17) is 0 Å². The van der Waals surface area contributed by atoms with Crippen LogP contribution in [0, 0.1) is 5.92 Å². The van der Waals surface area contributed by atoms with Crippen LogP contribution in [0.5, 0.6) is 0 Å². The molecule has 0 saturated heterocycles. The zero-order valence-electron chi connectivity index (χ0n) is 13.5. The van der Waals surface area contributed by atoms with E-state index in [0.717, 1.165) is 13.0 Å². The molecule has 2 rings (SSSR count). The van der Waals surface area contributed by atoms with Crippen LogP contribution in [0.15, 0.2) is 11.4 Å². The van der Waals surface area contributed by atoms with Gasteiger partial charge in [0.1, 0.15) is 0 Å². The van der Waals surface area contributed by atoms with E-state index >= 15 is 0 Å². The average molecular weight is 323 g/mol. The Labute approximate surface area is 136 Å². The quantitative estimate of drug-likeness (QED) is 0.874. The largest absolute Gasteiger partial charge is 0.338 e. The van der Waals surface area contributed by atoms with E-state index in [9.17, 15) is 9.59 Å². The first-order valence-corrected chi connectivity index (χ1v) is 8.72. The maximum Gasteiger partial charge on any atom is 0.315 e. The van der Waals surface area contributed by atoms with Crippen LogP contribution >= 0.6 is 11.3 Å². The van der Waals surface area contributed by atoms with Gasteiger partial charge in [0, 0.05) is 37.0 Å². The summed E-state index contributed by atoms with van der Waals surface area (Å²) in [4.78, 5) is 27.2. The molecular formula is C16H25N3O2S. The summed E-state index contributed by atoms with van der Waals surface area (Å²) >= 11 is 1.77. The Hall–Kier alpha value is -1.56. The number of amides is 3. The van der Waals surface area contributed by atoms with Gasteiger partial charge >= 0.3 is 6.03 Å². The Morgan fingerprint density at radius 3 is 2.86 bits per heavy atom. The summed E-state index contributed by atoms with van der Waals surface area (Å²) in [6.07, 6.45) is 1.29. The molecule has 1 aromatic heterocycles. The molecule has 0 fully saturated rings. The van der Waals surface area contributed by atoms with Gasteiger partial charge in [0.15, 0.2) is 0 Å². The number of thiophene rings is 1. The van der Waals surface area contributed by atoms with E-state index < -0.39 is 0 Å². The molecule has 2 N–H and O–H groups in total. The van der Waals surface area contributed by atoms with E-state index in [0.29, 0.717) is 25.4 Å². The molecule has 5 nitrogen and oxygen atoms in total. The fourth-order valence-electron chi connectivity index (χ4n) is 2.33. The first kappa shape index (κ1) is 16.8. The SMILES string of the molecule is CC(C)[C@H](C)NC(=O)NCCC(=O)N1CCc2sccc2C1. The molecule has 1 aliphatic rings. The molecule has 0 aliphatic carbocycles. The molecule has 0 aromatic carbocycles. The van der Waals surface area contributed by atoms with Gasteiger partial charge in [-0.05, 0) is 36.3 Å². The van der Waals surface area contributed by atoms with Gasteiger partial charge in [0.2, 0.25) is 5.91 Å². The minimum Gasteiger partial charge on any atom is -0.338 e. The van der Waals surface area contributed by atoms with Crippen molar-refractivity contribution >= 4 is 23.3 Å². The molecule has 1 aliphatic heterocycles. The smallest absolute Gasteiger partial charge is 0.315 e. The highest BCUT2D eigenvalue weighted by Gasteiger charge is 2.21. The maximum atomic E-state index is 12.2. The van der Waals surface area contributed by atoms with E-state index in [1.54, 1.807) is 11.3 Å². The predicted molar refractivity (Wildman–Crippen MR) is 88.9 cm³/mol. The number of urea groups is 1. The first-order valence-electron chi connectivity index (χ1n) is 7.84. The molecule has 0 spiro atoms. The van der Waals surface area contributed by atoms with E-state index in [2.05, 4.69) is 35.9 Å². The van der Waals surface area contributed by atoms with Crippen molar-refractivity contribution < 1.29 is 9.59 Å². The van der Waals surface area contributed by atoms with Crippen LogP contribution < -0.4 is 10.6 Å². The number of hydrogen-bond donors (Lipinski definition) is 2. The summed E-state index contributed by atoms with van der Waals surface area (Å²) in [7, 11) is 0. The van der Waals surface area contributed by atoms with Crippen molar-refractivity contribution in [1.82, 2.24) is 15.5 Å². The molecule has 22 heavy (non-hydrogen) atoms. The molecule has 3 amide bonds. The molecule has 2 heterocycles. The monoisotopic (exact) mass is 323 g/mol. The first-order chi connectivity index (χ1) is 10.5. The second-order valence-corrected chi connectivity index (χ2v) is 7.12. The lowest BCUT2D eigenvalue weighted by Crippen LogP contribution is -2.44. The zero-order valence-corrected chi connectivity index (χ0v) is 14.3. The summed E-state index contributed by atoms with van der Waals surface area (Å²) in [6, 6.07) is 2.01. The van der Waals surface area contributed by atoms with Crippen LogP contribution in [-0.4, -0.2) is 36.0 Å². The van der Waals surface area contributed by atoms with Crippen LogP contribution in [0.1, 0.15) is 37.6 Å². The second kappa shape index (κ2) is 7.63. The van der Waals surface area contributed by atoms with E-state index in [-0.39, 0.29) is 18.0 Å². The van der Waals surface area contributed by atoms with Gasteiger partial charge in [-0.2, -0.15) is 0 Å². The lowest BCUT2D eigenvalue weighted by atomic mass is 10.1. The van der Waals surface area contributed by atoms with Crippen LogP contribution in [-0.2, 0) is 17.8 Å². The highest BCUT2D eigenvalue weighted by atomic mass is 32.1. The molecule has 6 heteroatoms. The van der Waals surface area contributed by atoms with Gasteiger partial charge in [0.05, 0.1) is 0 Å². The molecular weight excluding hydrogens is 298 g/mol. The summed E-state index contributed by atoms with van der Waals surface area (Å²) in [6.45, 7) is 7.95. The number of carbonyl (C=O) groups is 2. The predicted octanol–water partition coefficient (Wildman–Crippen LogP) is 2.37. The molecule has 0 saturated carbocycles. The number of rotatable bonds is 5. The van der Waals surface area contributed by atoms with Crippen LogP contribution in [0.3, 0.4) is 0 Å². The molecule has 1 aromatic rings. The molecule has 0 unspecified atom stereocenters. The van der Waals surface area contributed by atoms with Gasteiger partial charge in [-0.1, -0.05) is 13.8 Å². The van der Waals surface area contributed by atoms with Gasteiger partial charge in [-0.25, -0.2) is 4.79 Å². The lowest BCUT2D eigenvalue weighted by Gasteiger charge is -2.27. The normalized spacial score (nSPS) is 15.4. The minimum absolute atomic E-state index is 0.106. The van der Waals surface area contributed by atoms with Crippen LogP contribution in [0.25, 0.3) is 0 Å². The summed E-state index contributed by atoms with van der Waals surface area (Å²) < 4.78 is 0. The minimum atomic E-state index is -0.201. The van der Waals surface area contributed by atoms with Crippen molar-refractivity contribution in [3.63, 3.8) is 0 Å². The third kappa shape index (κ3) is 4.47. The Bertz CT molecular complexity index is 527. The van der Waals surface area contributed by atoms with Gasteiger partial charge in [-0.15, -0.1) is 11.3 Å². The summed E-state index contributed by atoms with van der Waals surface area (Å²) in [5, 5.41) is 7.71. The Kier molecular flexibility index (Phi) is 5.83. The number of nitrogens with zero attached hydrogens (tertiary/aromatic N) is 1. The summed E-state index contributed by atoms with van der Waals surface area (Å²) in [5.74, 6) is 0.495. The topological polar surface area (TPSA) is 61.4 Å². The summed E-state index contributed by atoms with van der Waals surface area (Å²) in [5.41, 5.74) is 1.26. The fourth-order valence-corrected chi connectivity index (χ4v) is 3.22. The highest BCUT2D eigenvalue weighted by molar-refractivity contribution is 7.10. The van der Waals surface area contributed by atoms with Crippen molar-refractivity contribution in [3.8, 4) is 0 Å². The standard InChI is InChI=1S/C16H25N3O2S/c1-11(2)12(3)18-16(21)17-7-4-15(20)19-8-5-14-13(10-19)6-9-22-14/h6,9,11-12H,4-5,7-8,10H2,1-3H3,(H2,17,18,21)/t12-/m0/s1. The molecule has 1 atom stereocenters. The van der Waals surface area contributed by atoms with E-state index in [1.165, 1.54) is 10.4 Å². The lowest BCUT2D eigenvalue weighted by molar-refractivity contribution is -0.131. The van der Waals surface area contributed by atoms with Gasteiger partial charge in [0.25, 0.3) is 0 Å². The van der Waals surface area contributed by atoms with Crippen molar-refractivity contribution in [1.29, 1.82) is 0 Å². The van der Waals surface area contributed by atoms with Gasteiger partial charge < -0.3 is 15.5 Å². The number of fused-ring (bicyclic) bond motifs is 1. The maximum absolute atomic E-state index is 12.2. The second-order valence-electron chi connectivity index (χ2n) is 6.12. The van der Waals surface area contributed by atoms with Crippen molar-refractivity contribution in [2.75, 3.05) is 13.1 Å². The Morgan fingerprint density at radius 1 is 1.36 bits per heavy atom. The molecule has 122 valence electrons. The van der Waals surface area contributed by atoms with Crippen molar-refractivity contribution in [2.45, 2.75) is 46.2 Å². The third-order valence-corrected chi connectivity index (χ3v) is 5.17. The number of nitrogens with one attached hydrogen (secondary N) is 2. The number of carbonyl (C=O) groups excluding carboxylic acids is 2. The van der Waals surface area contributed by atoms with Crippen molar-refractivity contribution in [3.05, 3.63) is 21.9 Å². The van der Waals surface area contributed by atoms with Gasteiger partial charge in [-0.3, -0.25) is 4.79 Å². The average Bonchev–Trinajstić information content (AvgIpc) is 2.94. The zero-order chi connectivity index (χ0) is 16.1. The van der Waals surface area contributed by atoms with Crippen LogP contribution in [0.2, 0.25) is 0 Å². The molecule has 0 bridgehead atoms. The highest BCUT2D eigenvalue weighted by Crippen LogP contribution is 2.24. The molecule has 0 radical (unpaired) electrons. The Balaban J connectivity index is 1.69. The van der Waals surface area contributed by atoms with Crippen molar-refractivity contribution in [2.24, 2.45) is 5.92 Å². The third-order valence-electron chi connectivity index (χ3n) is 4.14. The van der Waals surface area contributed by atoms with Crippen LogP contribution in [0.4, 0.5) is 4.79 Å².